The van der Waals surface area contributed by atoms with Crippen molar-refractivity contribution in [2.75, 3.05) is 6.54 Å². The van der Waals surface area contributed by atoms with Gasteiger partial charge in [0.2, 0.25) is 5.91 Å². The smallest absolute Gasteiger partial charge is 0.227 e. The fourth-order valence-corrected chi connectivity index (χ4v) is 1.62. The van der Waals surface area contributed by atoms with Gasteiger partial charge in [-0.15, -0.1) is 0 Å². The molecule has 1 saturated carbocycles. The predicted octanol–water partition coefficient (Wildman–Crippen LogP) is 1.28. The average molecular weight is 198 g/mol. The van der Waals surface area contributed by atoms with Crippen LogP contribution >= 0.6 is 0 Å². The first kappa shape index (κ1) is 11.5. The summed E-state index contributed by atoms with van der Waals surface area (Å²) in [6.45, 7) is 6.54. The Morgan fingerprint density at radius 1 is 1.57 bits per heavy atom. The van der Waals surface area contributed by atoms with E-state index < -0.39 is 0 Å². The van der Waals surface area contributed by atoms with E-state index in [-0.39, 0.29) is 11.3 Å². The van der Waals surface area contributed by atoms with Gasteiger partial charge in [-0.05, 0) is 25.7 Å². The van der Waals surface area contributed by atoms with Crippen LogP contribution in [0.5, 0.6) is 0 Å². The van der Waals surface area contributed by atoms with Gasteiger partial charge in [-0.3, -0.25) is 4.79 Å². The van der Waals surface area contributed by atoms with Crippen LogP contribution in [-0.2, 0) is 4.79 Å². The lowest BCUT2D eigenvalue weighted by Gasteiger charge is -2.25. The molecule has 0 aromatic rings. The number of hydrogen-bond acceptors (Lipinski definition) is 2. The molecule has 3 atom stereocenters. The molecule has 1 amide bonds. The molecular formula is C11H22N2O. The topological polar surface area (TPSA) is 55.1 Å². The van der Waals surface area contributed by atoms with Crippen LogP contribution < -0.4 is 11.1 Å². The van der Waals surface area contributed by atoms with Crippen LogP contribution in [0.15, 0.2) is 0 Å². The van der Waals surface area contributed by atoms with E-state index in [1.54, 1.807) is 0 Å². The Morgan fingerprint density at radius 3 is 2.57 bits per heavy atom. The van der Waals surface area contributed by atoms with E-state index in [9.17, 15) is 4.79 Å². The molecule has 1 aliphatic rings. The van der Waals surface area contributed by atoms with Gasteiger partial charge in [0, 0.05) is 12.6 Å². The minimum absolute atomic E-state index is 0.128. The zero-order chi connectivity index (χ0) is 10.8. The highest BCUT2D eigenvalue weighted by molar-refractivity contribution is 5.83. The Balaban J connectivity index is 2.41. The highest BCUT2D eigenvalue weighted by Gasteiger charge is 2.40. The van der Waals surface area contributed by atoms with Gasteiger partial charge in [-0.25, -0.2) is 0 Å². The Bertz CT molecular complexity index is 211. The first-order valence-corrected chi connectivity index (χ1v) is 5.58. The van der Waals surface area contributed by atoms with Crippen molar-refractivity contribution in [3.8, 4) is 0 Å². The van der Waals surface area contributed by atoms with Crippen LogP contribution in [0, 0.1) is 11.3 Å². The van der Waals surface area contributed by atoms with Gasteiger partial charge >= 0.3 is 0 Å². The van der Waals surface area contributed by atoms with Crippen molar-refractivity contribution in [3.63, 3.8) is 0 Å². The van der Waals surface area contributed by atoms with E-state index in [1.807, 2.05) is 13.8 Å². The molecule has 0 heterocycles. The number of carbonyl (C=O) groups excluding carboxylic acids is 1. The van der Waals surface area contributed by atoms with Gasteiger partial charge in [-0.2, -0.15) is 0 Å². The van der Waals surface area contributed by atoms with Crippen molar-refractivity contribution in [2.24, 2.45) is 17.1 Å². The van der Waals surface area contributed by atoms with Gasteiger partial charge < -0.3 is 11.1 Å². The van der Waals surface area contributed by atoms with Crippen molar-refractivity contribution >= 4 is 5.91 Å². The number of carbonyl (C=O) groups is 1. The molecule has 3 N–H and O–H groups in total. The number of nitrogens with one attached hydrogen (secondary N) is 1. The molecule has 0 aliphatic heterocycles. The van der Waals surface area contributed by atoms with Crippen LogP contribution in [0.2, 0.25) is 0 Å². The van der Waals surface area contributed by atoms with E-state index in [0.29, 0.717) is 18.5 Å². The second-order valence-corrected chi connectivity index (χ2v) is 4.60. The van der Waals surface area contributed by atoms with E-state index >= 15 is 0 Å². The summed E-state index contributed by atoms with van der Waals surface area (Å²) in [6.07, 6.45) is 3.11. The van der Waals surface area contributed by atoms with Gasteiger partial charge in [0.25, 0.3) is 0 Å². The van der Waals surface area contributed by atoms with Gasteiger partial charge in [0.15, 0.2) is 0 Å². The highest BCUT2D eigenvalue weighted by Crippen LogP contribution is 2.34. The molecule has 14 heavy (non-hydrogen) atoms. The maximum absolute atomic E-state index is 11.8. The zero-order valence-corrected chi connectivity index (χ0v) is 9.47. The number of rotatable bonds is 5. The maximum Gasteiger partial charge on any atom is 0.227 e. The summed E-state index contributed by atoms with van der Waals surface area (Å²) < 4.78 is 0. The first-order chi connectivity index (χ1) is 6.57. The normalized spacial score (nSPS) is 29.4. The van der Waals surface area contributed by atoms with Crippen molar-refractivity contribution in [3.05, 3.63) is 0 Å². The molecule has 3 nitrogen and oxygen atoms in total. The third kappa shape index (κ3) is 2.27. The highest BCUT2D eigenvalue weighted by atomic mass is 16.2. The maximum atomic E-state index is 11.8. The van der Waals surface area contributed by atoms with Gasteiger partial charge in [0.05, 0.1) is 5.41 Å². The molecule has 3 heteroatoms. The Morgan fingerprint density at radius 2 is 2.21 bits per heavy atom. The molecule has 0 saturated heterocycles. The standard InChI is InChI=1S/C11H22N2O/c1-4-8-6-9(8)13-10(14)11(3,5-2)7-12/h8-9H,4-7,12H2,1-3H3,(H,13,14). The number of nitrogens with two attached hydrogens (primary N) is 1. The summed E-state index contributed by atoms with van der Waals surface area (Å²) in [6, 6.07) is 0.421. The van der Waals surface area contributed by atoms with Crippen LogP contribution in [0.1, 0.15) is 40.0 Å². The molecule has 0 aromatic carbocycles. The second-order valence-electron chi connectivity index (χ2n) is 4.60. The molecule has 1 fully saturated rings. The average Bonchev–Trinajstić information content (AvgIpc) is 2.95. The summed E-state index contributed by atoms with van der Waals surface area (Å²) in [5, 5.41) is 3.08. The second kappa shape index (κ2) is 4.30. The molecule has 82 valence electrons. The molecule has 1 rings (SSSR count). The molecule has 0 aromatic heterocycles. The third-order valence-corrected chi connectivity index (χ3v) is 3.54. The Kier molecular flexibility index (Phi) is 3.53. The Hall–Kier alpha value is -0.570. The summed E-state index contributed by atoms with van der Waals surface area (Å²) in [4.78, 5) is 11.8. The molecule has 1 aliphatic carbocycles. The summed E-state index contributed by atoms with van der Waals surface area (Å²) >= 11 is 0. The molecule has 0 bridgehead atoms. The first-order valence-electron chi connectivity index (χ1n) is 5.58. The monoisotopic (exact) mass is 198 g/mol. The van der Waals surface area contributed by atoms with E-state index in [0.717, 1.165) is 19.3 Å². The summed E-state index contributed by atoms with van der Waals surface area (Å²) in [7, 11) is 0. The van der Waals surface area contributed by atoms with E-state index in [4.69, 9.17) is 5.73 Å². The van der Waals surface area contributed by atoms with Gasteiger partial charge in [0.1, 0.15) is 0 Å². The lowest BCUT2D eigenvalue weighted by atomic mass is 9.86. The van der Waals surface area contributed by atoms with Crippen LogP contribution in [0.4, 0.5) is 0 Å². The number of hydrogen-bond donors (Lipinski definition) is 2. The molecular weight excluding hydrogens is 176 g/mol. The van der Waals surface area contributed by atoms with E-state index in [2.05, 4.69) is 12.2 Å². The summed E-state index contributed by atoms with van der Waals surface area (Å²) in [5.74, 6) is 0.835. The number of amides is 1. The van der Waals surface area contributed by atoms with Crippen molar-refractivity contribution < 1.29 is 4.79 Å². The fourth-order valence-electron chi connectivity index (χ4n) is 1.62. The zero-order valence-electron chi connectivity index (χ0n) is 9.47. The third-order valence-electron chi connectivity index (χ3n) is 3.54. The van der Waals surface area contributed by atoms with Crippen molar-refractivity contribution in [1.82, 2.24) is 5.32 Å². The quantitative estimate of drug-likeness (QED) is 0.699. The van der Waals surface area contributed by atoms with Crippen molar-refractivity contribution in [2.45, 2.75) is 46.1 Å². The Labute approximate surface area is 86.4 Å². The lowest BCUT2D eigenvalue weighted by molar-refractivity contribution is -0.130. The molecule has 3 unspecified atom stereocenters. The van der Waals surface area contributed by atoms with Crippen molar-refractivity contribution in [1.29, 1.82) is 0 Å². The van der Waals surface area contributed by atoms with Crippen LogP contribution in [0.25, 0.3) is 0 Å². The van der Waals surface area contributed by atoms with Crippen LogP contribution in [-0.4, -0.2) is 18.5 Å². The molecule has 0 radical (unpaired) electrons. The van der Waals surface area contributed by atoms with Gasteiger partial charge in [-0.1, -0.05) is 20.3 Å². The van der Waals surface area contributed by atoms with E-state index in [1.165, 1.54) is 0 Å². The largest absolute Gasteiger partial charge is 0.353 e. The van der Waals surface area contributed by atoms with Crippen LogP contribution in [0.3, 0.4) is 0 Å². The SMILES string of the molecule is CCC1CC1NC(=O)C(C)(CC)CN. The minimum Gasteiger partial charge on any atom is -0.353 e. The fraction of sp³-hybridized carbons (Fsp3) is 0.909. The summed E-state index contributed by atoms with van der Waals surface area (Å²) in [5.41, 5.74) is 5.25. The minimum atomic E-state index is -0.374. The lowest BCUT2D eigenvalue weighted by Crippen LogP contribution is -2.44. The molecule has 0 spiro atoms. The predicted molar refractivity (Wildman–Crippen MR) is 57.8 cm³/mol.